The minimum Gasteiger partial charge on any atom is -0.487 e. The van der Waals surface area contributed by atoms with Gasteiger partial charge in [-0.05, 0) is 54.7 Å². The lowest BCUT2D eigenvalue weighted by atomic mass is 10.1. The molecule has 0 saturated carbocycles. The van der Waals surface area contributed by atoms with Crippen molar-refractivity contribution in [1.29, 1.82) is 0 Å². The SMILES string of the molecule is OCc1nccn1CCCCc1ccc(OCc2coc(/C=C/c3ccc(Cl)cc3Cl)n2)cc1F. The van der Waals surface area contributed by atoms with Gasteiger partial charge in [-0.1, -0.05) is 35.3 Å². The zero-order chi connectivity index (χ0) is 24.6. The number of benzene rings is 2. The van der Waals surface area contributed by atoms with E-state index < -0.39 is 0 Å². The highest BCUT2D eigenvalue weighted by molar-refractivity contribution is 6.35. The summed E-state index contributed by atoms with van der Waals surface area (Å²) in [5.74, 6) is 1.16. The maximum Gasteiger partial charge on any atom is 0.218 e. The Bertz CT molecular complexity index is 1300. The number of hydrogen-bond acceptors (Lipinski definition) is 5. The molecule has 35 heavy (non-hydrogen) atoms. The fraction of sp³-hybridized carbons (Fsp3) is 0.231. The molecule has 0 aliphatic rings. The maximum atomic E-state index is 14.5. The van der Waals surface area contributed by atoms with E-state index in [2.05, 4.69) is 9.97 Å². The number of nitrogens with zero attached hydrogens (tertiary/aromatic N) is 3. The number of aromatic nitrogens is 3. The Balaban J connectivity index is 1.25. The second-order valence-electron chi connectivity index (χ2n) is 7.87. The van der Waals surface area contributed by atoms with Crippen LogP contribution in [0.1, 0.15) is 41.4 Å². The number of halogens is 3. The van der Waals surface area contributed by atoms with E-state index in [-0.39, 0.29) is 19.0 Å². The van der Waals surface area contributed by atoms with E-state index in [0.717, 1.165) is 24.9 Å². The third-order valence-electron chi connectivity index (χ3n) is 5.39. The van der Waals surface area contributed by atoms with Gasteiger partial charge in [0.2, 0.25) is 5.89 Å². The predicted octanol–water partition coefficient (Wildman–Crippen LogP) is 6.58. The first-order valence-electron chi connectivity index (χ1n) is 11.1. The van der Waals surface area contributed by atoms with Crippen molar-refractivity contribution in [2.75, 3.05) is 0 Å². The lowest BCUT2D eigenvalue weighted by Gasteiger charge is -2.08. The van der Waals surface area contributed by atoms with E-state index in [9.17, 15) is 9.50 Å². The van der Waals surface area contributed by atoms with Crippen molar-refractivity contribution in [2.24, 2.45) is 0 Å². The fourth-order valence-electron chi connectivity index (χ4n) is 3.53. The number of aliphatic hydroxyl groups excluding tert-OH is 1. The molecule has 2 aromatic heterocycles. The van der Waals surface area contributed by atoms with E-state index in [4.69, 9.17) is 32.4 Å². The van der Waals surface area contributed by atoms with Crippen molar-refractivity contribution < 1.29 is 18.7 Å². The summed E-state index contributed by atoms with van der Waals surface area (Å²) in [6.45, 7) is 0.796. The van der Waals surface area contributed by atoms with Crippen molar-refractivity contribution in [3.05, 3.63) is 99.5 Å². The van der Waals surface area contributed by atoms with Crippen molar-refractivity contribution in [3.63, 3.8) is 0 Å². The summed E-state index contributed by atoms with van der Waals surface area (Å²) >= 11 is 12.1. The van der Waals surface area contributed by atoms with Gasteiger partial charge in [0.15, 0.2) is 0 Å². The molecule has 0 aliphatic heterocycles. The van der Waals surface area contributed by atoms with Crippen LogP contribution in [0.25, 0.3) is 12.2 Å². The number of unbranched alkanes of at least 4 members (excludes halogenated alkanes) is 1. The van der Waals surface area contributed by atoms with Crippen LogP contribution in [0, 0.1) is 5.82 Å². The zero-order valence-electron chi connectivity index (χ0n) is 18.8. The molecule has 182 valence electrons. The summed E-state index contributed by atoms with van der Waals surface area (Å²) in [6.07, 6.45) is 10.8. The van der Waals surface area contributed by atoms with Gasteiger partial charge >= 0.3 is 0 Å². The summed E-state index contributed by atoms with van der Waals surface area (Å²) in [7, 11) is 0. The van der Waals surface area contributed by atoms with Gasteiger partial charge in [0.05, 0.1) is 0 Å². The van der Waals surface area contributed by atoms with Crippen molar-refractivity contribution in [3.8, 4) is 5.75 Å². The second kappa shape index (κ2) is 12.0. The highest BCUT2D eigenvalue weighted by atomic mass is 35.5. The largest absolute Gasteiger partial charge is 0.487 e. The van der Waals surface area contributed by atoms with Gasteiger partial charge in [0.1, 0.15) is 42.6 Å². The number of ether oxygens (including phenoxy) is 1. The van der Waals surface area contributed by atoms with Crippen LogP contribution in [-0.2, 0) is 26.2 Å². The molecule has 0 saturated heterocycles. The Morgan fingerprint density at radius 1 is 1.11 bits per heavy atom. The highest BCUT2D eigenvalue weighted by Gasteiger charge is 2.08. The van der Waals surface area contributed by atoms with Crippen LogP contribution in [0.5, 0.6) is 5.75 Å². The minimum atomic E-state index is -0.301. The third-order valence-corrected chi connectivity index (χ3v) is 5.95. The number of rotatable bonds is 11. The van der Waals surface area contributed by atoms with E-state index in [1.165, 1.54) is 12.3 Å². The van der Waals surface area contributed by atoms with E-state index in [1.807, 2.05) is 10.8 Å². The smallest absolute Gasteiger partial charge is 0.218 e. The molecule has 0 bridgehead atoms. The Hall–Kier alpha value is -3.13. The molecule has 2 heterocycles. The Labute approximate surface area is 212 Å². The summed E-state index contributed by atoms with van der Waals surface area (Å²) < 4.78 is 27.6. The molecule has 0 fully saturated rings. The van der Waals surface area contributed by atoms with E-state index in [0.29, 0.717) is 45.2 Å². The minimum absolute atomic E-state index is 0.0896. The molecule has 0 amide bonds. The summed E-state index contributed by atoms with van der Waals surface area (Å²) in [6, 6.07) is 10.1. The Morgan fingerprint density at radius 3 is 2.80 bits per heavy atom. The zero-order valence-corrected chi connectivity index (χ0v) is 20.3. The molecular formula is C26H24Cl2FN3O3. The fourth-order valence-corrected chi connectivity index (χ4v) is 4.01. The molecule has 0 atom stereocenters. The van der Waals surface area contributed by atoms with Gasteiger partial charge < -0.3 is 18.8 Å². The second-order valence-corrected chi connectivity index (χ2v) is 8.71. The molecule has 0 aliphatic carbocycles. The van der Waals surface area contributed by atoms with E-state index in [1.54, 1.807) is 48.7 Å². The van der Waals surface area contributed by atoms with Crippen LogP contribution in [0.2, 0.25) is 10.0 Å². The monoisotopic (exact) mass is 515 g/mol. The molecule has 0 spiro atoms. The first-order valence-corrected chi connectivity index (χ1v) is 11.9. The van der Waals surface area contributed by atoms with Crippen LogP contribution < -0.4 is 4.74 Å². The lowest BCUT2D eigenvalue weighted by molar-refractivity contribution is 0.264. The van der Waals surface area contributed by atoms with Crippen molar-refractivity contribution in [2.45, 2.75) is 39.0 Å². The lowest BCUT2D eigenvalue weighted by Crippen LogP contribution is -2.03. The Morgan fingerprint density at radius 2 is 2.00 bits per heavy atom. The average Bonchev–Trinajstić information content (AvgIpc) is 3.50. The molecule has 0 radical (unpaired) electrons. The molecule has 0 unspecified atom stereocenters. The van der Waals surface area contributed by atoms with Gasteiger partial charge in [0.25, 0.3) is 0 Å². The molecule has 1 N–H and O–H groups in total. The van der Waals surface area contributed by atoms with Gasteiger partial charge in [-0.2, -0.15) is 0 Å². The molecule has 4 rings (SSSR count). The number of oxazole rings is 1. The normalized spacial score (nSPS) is 11.4. The van der Waals surface area contributed by atoms with Gasteiger partial charge in [-0.3, -0.25) is 0 Å². The van der Waals surface area contributed by atoms with E-state index >= 15 is 0 Å². The van der Waals surface area contributed by atoms with Crippen LogP contribution in [0.4, 0.5) is 4.39 Å². The Kier molecular flexibility index (Phi) is 8.58. The van der Waals surface area contributed by atoms with Crippen LogP contribution >= 0.6 is 23.2 Å². The van der Waals surface area contributed by atoms with Crippen molar-refractivity contribution >= 4 is 35.4 Å². The van der Waals surface area contributed by atoms with Gasteiger partial charge in [-0.15, -0.1) is 0 Å². The highest BCUT2D eigenvalue weighted by Crippen LogP contribution is 2.23. The molecular weight excluding hydrogens is 492 g/mol. The number of aliphatic hydroxyl groups is 1. The summed E-state index contributed by atoms with van der Waals surface area (Å²) in [5, 5.41) is 10.3. The molecule has 6 nitrogen and oxygen atoms in total. The topological polar surface area (TPSA) is 73.3 Å². The molecule has 9 heteroatoms. The number of hydrogen-bond donors (Lipinski definition) is 1. The first kappa shape index (κ1) is 25.0. The van der Waals surface area contributed by atoms with Crippen LogP contribution in [0.15, 0.2) is 59.5 Å². The molecule has 4 aromatic rings. The predicted molar refractivity (Wildman–Crippen MR) is 134 cm³/mol. The maximum absolute atomic E-state index is 14.5. The quantitative estimate of drug-likeness (QED) is 0.228. The summed E-state index contributed by atoms with van der Waals surface area (Å²) in [4.78, 5) is 8.43. The van der Waals surface area contributed by atoms with Gasteiger partial charge in [-0.25, -0.2) is 14.4 Å². The first-order chi connectivity index (χ1) is 17.0. The van der Waals surface area contributed by atoms with Crippen LogP contribution in [0.3, 0.4) is 0 Å². The standard InChI is InChI=1S/C26H24Cl2FN3O3/c27-20-7-4-18(23(28)13-20)6-9-26-31-21(17-35-26)16-34-22-8-5-19(24(29)14-22)3-1-2-11-32-12-10-30-25(32)15-33/h4-10,12-14,17,33H,1-3,11,15-16H2/b9-6+. The third kappa shape index (κ3) is 6.94. The van der Waals surface area contributed by atoms with Crippen LogP contribution in [-0.4, -0.2) is 19.6 Å². The number of aryl methyl sites for hydroxylation is 2. The van der Waals surface area contributed by atoms with Gasteiger partial charge in [0, 0.05) is 41.1 Å². The van der Waals surface area contributed by atoms with Crippen molar-refractivity contribution in [1.82, 2.24) is 14.5 Å². The molecule has 2 aromatic carbocycles. The summed E-state index contributed by atoms with van der Waals surface area (Å²) in [5.41, 5.74) is 2.01. The average molecular weight is 516 g/mol. The number of imidazole rings is 1.